The Balaban J connectivity index is 1.32. The summed E-state index contributed by atoms with van der Waals surface area (Å²) in [7, 11) is -4.14. The number of amides is 1. The molecule has 4 aromatic carbocycles. The summed E-state index contributed by atoms with van der Waals surface area (Å²) in [6, 6.07) is 31.8. The second-order valence-electron chi connectivity index (χ2n) is 11.9. The van der Waals surface area contributed by atoms with Gasteiger partial charge in [-0.25, -0.2) is 4.98 Å². The molecule has 2 N–H and O–H groups in total. The first kappa shape index (κ1) is 29.3. The lowest BCUT2D eigenvalue weighted by Crippen LogP contribution is -2.28. The zero-order chi connectivity index (χ0) is 31.1. The van der Waals surface area contributed by atoms with E-state index >= 15 is 0 Å². The minimum absolute atomic E-state index is 0.0237. The highest BCUT2D eigenvalue weighted by atomic mass is 32.2. The van der Waals surface area contributed by atoms with Gasteiger partial charge in [-0.2, -0.15) is 8.42 Å². The molecule has 2 aromatic heterocycles. The number of aromatic nitrogens is 2. The lowest BCUT2D eigenvalue weighted by molar-refractivity contribution is 0.0956. The zero-order valence-electron chi connectivity index (χ0n) is 24.7. The molecule has 0 bridgehead atoms. The van der Waals surface area contributed by atoms with Crippen LogP contribution in [0.2, 0.25) is 0 Å². The molecule has 0 aliphatic carbocycles. The van der Waals surface area contributed by atoms with Crippen LogP contribution in [0.25, 0.3) is 44.7 Å². The van der Waals surface area contributed by atoms with Crippen LogP contribution in [0.1, 0.15) is 42.3 Å². The molecule has 8 nitrogen and oxygen atoms in total. The standard InChI is InChI=1S/C35H33N3O5S/c1-35(2,3)28-16-17-30-29(21-28)37-33(25-14-12-24(13-15-25)32-20-27-6-4-5-7-31(27)43-32)38(30)22-23-8-10-26(11-9-23)34(39)36-18-19-44(40,41)42/h4-17,20-21H,18-19,22H2,1-3H3,(H,36,39)(H,40,41,42). The van der Waals surface area contributed by atoms with Gasteiger partial charge in [0.25, 0.3) is 16.0 Å². The maximum Gasteiger partial charge on any atom is 0.266 e. The molecule has 0 saturated carbocycles. The van der Waals surface area contributed by atoms with Crippen molar-refractivity contribution in [2.75, 3.05) is 12.3 Å². The number of hydrogen-bond acceptors (Lipinski definition) is 5. The van der Waals surface area contributed by atoms with Gasteiger partial charge in [0.05, 0.1) is 16.8 Å². The van der Waals surface area contributed by atoms with E-state index in [1.807, 2.05) is 54.6 Å². The van der Waals surface area contributed by atoms with Crippen molar-refractivity contribution in [3.05, 3.63) is 114 Å². The largest absolute Gasteiger partial charge is 0.456 e. The summed E-state index contributed by atoms with van der Waals surface area (Å²) in [4.78, 5) is 17.6. The summed E-state index contributed by atoms with van der Waals surface area (Å²) >= 11 is 0. The number of hydrogen-bond donors (Lipinski definition) is 2. The first-order chi connectivity index (χ1) is 20.9. The van der Waals surface area contributed by atoms with Gasteiger partial charge in [0.15, 0.2) is 0 Å². The molecule has 0 fully saturated rings. The van der Waals surface area contributed by atoms with Crippen LogP contribution in [0.15, 0.2) is 101 Å². The molecule has 0 radical (unpaired) electrons. The van der Waals surface area contributed by atoms with E-state index in [4.69, 9.17) is 14.0 Å². The highest BCUT2D eigenvalue weighted by Gasteiger charge is 2.19. The van der Waals surface area contributed by atoms with Gasteiger partial charge in [0.1, 0.15) is 17.2 Å². The Kier molecular flexibility index (Phi) is 7.61. The SMILES string of the molecule is CC(C)(C)c1ccc2c(c1)nc(-c1ccc(-c3cc4ccccc4o3)cc1)n2Cc1ccc(C(=O)NCCS(=O)(=O)O)cc1. The van der Waals surface area contributed by atoms with Gasteiger partial charge in [-0.05, 0) is 52.9 Å². The minimum atomic E-state index is -4.14. The first-order valence-electron chi connectivity index (χ1n) is 14.4. The molecule has 6 aromatic rings. The molecule has 0 saturated heterocycles. The third-order valence-corrected chi connectivity index (χ3v) is 8.39. The fourth-order valence-corrected chi connectivity index (χ4v) is 5.58. The molecule has 224 valence electrons. The van der Waals surface area contributed by atoms with Gasteiger partial charge in [0, 0.05) is 35.2 Å². The molecule has 2 heterocycles. The van der Waals surface area contributed by atoms with E-state index in [2.05, 4.69) is 61.0 Å². The average Bonchev–Trinajstić information content (AvgIpc) is 3.58. The van der Waals surface area contributed by atoms with Crippen molar-refractivity contribution in [2.45, 2.75) is 32.7 Å². The van der Waals surface area contributed by atoms with Crippen molar-refractivity contribution in [1.82, 2.24) is 14.9 Å². The Morgan fingerprint density at radius 1 is 0.909 bits per heavy atom. The number of carbonyl (C=O) groups excluding carboxylic acids is 1. The van der Waals surface area contributed by atoms with E-state index in [0.717, 1.165) is 50.3 Å². The summed E-state index contributed by atoms with van der Waals surface area (Å²) in [6.07, 6.45) is 0. The van der Waals surface area contributed by atoms with Gasteiger partial charge in [0.2, 0.25) is 0 Å². The Labute approximate surface area is 256 Å². The van der Waals surface area contributed by atoms with Crippen molar-refractivity contribution in [2.24, 2.45) is 0 Å². The van der Waals surface area contributed by atoms with E-state index in [-0.39, 0.29) is 12.0 Å². The molecular weight excluding hydrogens is 574 g/mol. The van der Waals surface area contributed by atoms with Crippen LogP contribution in [-0.4, -0.2) is 40.7 Å². The smallest absolute Gasteiger partial charge is 0.266 e. The third kappa shape index (κ3) is 6.29. The maximum atomic E-state index is 12.5. The van der Waals surface area contributed by atoms with Gasteiger partial charge < -0.3 is 14.3 Å². The van der Waals surface area contributed by atoms with Crippen LogP contribution in [0, 0.1) is 0 Å². The number of benzene rings is 4. The number of imidazole rings is 1. The normalized spacial score (nSPS) is 12.2. The van der Waals surface area contributed by atoms with Crippen LogP contribution < -0.4 is 5.32 Å². The summed E-state index contributed by atoms with van der Waals surface area (Å²) in [5, 5.41) is 3.58. The van der Waals surface area contributed by atoms with Crippen LogP contribution in [0.3, 0.4) is 0 Å². The molecule has 0 unspecified atom stereocenters. The molecule has 1 amide bonds. The number of nitrogens with zero attached hydrogens (tertiary/aromatic N) is 2. The quantitative estimate of drug-likeness (QED) is 0.179. The summed E-state index contributed by atoms with van der Waals surface area (Å²) in [5.74, 6) is 0.689. The van der Waals surface area contributed by atoms with Gasteiger partial charge in [-0.1, -0.05) is 81.4 Å². The minimum Gasteiger partial charge on any atom is -0.456 e. The number of furan rings is 1. The van der Waals surface area contributed by atoms with E-state index < -0.39 is 21.8 Å². The first-order valence-corrected chi connectivity index (χ1v) is 16.0. The second-order valence-corrected chi connectivity index (χ2v) is 13.5. The Hall–Kier alpha value is -4.73. The van der Waals surface area contributed by atoms with Crippen molar-refractivity contribution >= 4 is 38.0 Å². The molecule has 44 heavy (non-hydrogen) atoms. The van der Waals surface area contributed by atoms with Gasteiger partial charge in [-0.3, -0.25) is 9.35 Å². The molecule has 0 spiro atoms. The number of para-hydroxylation sites is 1. The van der Waals surface area contributed by atoms with Crippen LogP contribution >= 0.6 is 0 Å². The maximum absolute atomic E-state index is 12.5. The van der Waals surface area contributed by atoms with E-state index in [9.17, 15) is 13.2 Å². The molecule has 0 aliphatic heterocycles. The fourth-order valence-electron chi connectivity index (χ4n) is 5.22. The number of carbonyl (C=O) groups is 1. The lowest BCUT2D eigenvalue weighted by atomic mass is 9.87. The van der Waals surface area contributed by atoms with Gasteiger partial charge in [-0.15, -0.1) is 0 Å². The summed E-state index contributed by atoms with van der Waals surface area (Å²) in [5.41, 5.74) is 7.25. The van der Waals surface area contributed by atoms with Crippen molar-refractivity contribution in [3.8, 4) is 22.7 Å². The third-order valence-electron chi connectivity index (χ3n) is 7.67. The average molecular weight is 608 g/mol. The summed E-state index contributed by atoms with van der Waals surface area (Å²) < 4.78 is 39.0. The molecule has 6 rings (SSSR count). The van der Waals surface area contributed by atoms with Crippen molar-refractivity contribution < 1.29 is 22.2 Å². The van der Waals surface area contributed by atoms with Crippen molar-refractivity contribution in [1.29, 1.82) is 0 Å². The Bertz CT molecular complexity index is 2050. The monoisotopic (exact) mass is 607 g/mol. The zero-order valence-corrected chi connectivity index (χ0v) is 25.6. The molecule has 0 atom stereocenters. The Morgan fingerprint density at radius 2 is 1.61 bits per heavy atom. The summed E-state index contributed by atoms with van der Waals surface area (Å²) in [6.45, 7) is 6.90. The molecular formula is C35H33N3O5S. The second kappa shape index (κ2) is 11.4. The van der Waals surface area contributed by atoms with E-state index in [1.165, 1.54) is 5.56 Å². The van der Waals surface area contributed by atoms with Crippen molar-refractivity contribution in [3.63, 3.8) is 0 Å². The predicted molar refractivity (Wildman–Crippen MR) is 173 cm³/mol. The number of rotatable bonds is 8. The molecule has 9 heteroatoms. The molecule has 0 aliphatic rings. The number of fused-ring (bicyclic) bond motifs is 2. The topological polar surface area (TPSA) is 114 Å². The fraction of sp³-hybridized carbons (Fsp3) is 0.200. The van der Waals surface area contributed by atoms with Crippen LogP contribution in [0.5, 0.6) is 0 Å². The predicted octanol–water partition coefficient (Wildman–Crippen LogP) is 7.08. The van der Waals surface area contributed by atoms with Crippen LogP contribution in [0.4, 0.5) is 0 Å². The van der Waals surface area contributed by atoms with Crippen LogP contribution in [-0.2, 0) is 22.1 Å². The highest BCUT2D eigenvalue weighted by molar-refractivity contribution is 7.85. The van der Waals surface area contributed by atoms with Gasteiger partial charge >= 0.3 is 0 Å². The number of nitrogens with one attached hydrogen (secondary N) is 1. The van der Waals surface area contributed by atoms with E-state index in [1.54, 1.807) is 12.1 Å². The van der Waals surface area contributed by atoms with E-state index in [0.29, 0.717) is 12.1 Å². The Morgan fingerprint density at radius 3 is 2.30 bits per heavy atom. The lowest BCUT2D eigenvalue weighted by Gasteiger charge is -2.18. The highest BCUT2D eigenvalue weighted by Crippen LogP contribution is 2.33.